The molecule has 1 aromatic carbocycles. The summed E-state index contributed by atoms with van der Waals surface area (Å²) in [7, 11) is 2.14. The smallest absolute Gasteiger partial charge is 0.268 e. The molecule has 1 N–H and O–H groups in total. The maximum Gasteiger partial charge on any atom is 0.268 e. The van der Waals surface area contributed by atoms with Gasteiger partial charge in [-0.1, -0.05) is 12.1 Å². The van der Waals surface area contributed by atoms with Crippen molar-refractivity contribution in [3.8, 4) is 0 Å². The summed E-state index contributed by atoms with van der Waals surface area (Å²) in [5.41, 5.74) is 4.54. The summed E-state index contributed by atoms with van der Waals surface area (Å²) in [6, 6.07) is 8.36. The zero-order chi connectivity index (χ0) is 16.4. The predicted molar refractivity (Wildman–Crippen MR) is 97.0 cm³/mol. The number of amides is 1. The summed E-state index contributed by atoms with van der Waals surface area (Å²) in [6.07, 6.45) is 4.24. The molecule has 0 bridgehead atoms. The van der Waals surface area contributed by atoms with Gasteiger partial charge in [-0.3, -0.25) is 4.79 Å². The number of rotatable bonds is 4. The van der Waals surface area contributed by atoms with E-state index in [9.17, 15) is 4.79 Å². The topological polar surface area (TPSA) is 37.3 Å². The Bertz CT molecular complexity index is 723. The number of hydrogen-bond acceptors (Lipinski definition) is 2. The van der Waals surface area contributed by atoms with Crippen molar-refractivity contribution in [2.75, 3.05) is 18.5 Å². The normalized spacial score (nSPS) is 13.8. The van der Waals surface area contributed by atoms with E-state index in [1.807, 2.05) is 23.8 Å². The summed E-state index contributed by atoms with van der Waals surface area (Å²) in [6.45, 7) is 4.48. The largest absolute Gasteiger partial charge is 0.374 e. The first-order valence-corrected chi connectivity index (χ1v) is 8.84. The summed E-state index contributed by atoms with van der Waals surface area (Å²) in [5.74, 6) is -0.0348. The second kappa shape index (κ2) is 6.79. The third-order valence-corrected chi connectivity index (χ3v) is 4.82. The van der Waals surface area contributed by atoms with Crippen LogP contribution in [0.3, 0.4) is 0 Å². The zero-order valence-corrected chi connectivity index (χ0v) is 15.2. The molecule has 5 heteroatoms. The van der Waals surface area contributed by atoms with E-state index in [2.05, 4.69) is 51.4 Å². The number of benzene rings is 1. The van der Waals surface area contributed by atoms with Gasteiger partial charge < -0.3 is 14.8 Å². The summed E-state index contributed by atoms with van der Waals surface area (Å²) in [5, 5.41) is 3.03. The van der Waals surface area contributed by atoms with Gasteiger partial charge in [0.25, 0.3) is 5.91 Å². The van der Waals surface area contributed by atoms with E-state index in [1.54, 1.807) is 0 Å². The third kappa shape index (κ3) is 3.44. The first-order valence-electron chi connectivity index (χ1n) is 8.05. The Balaban J connectivity index is 1.69. The number of aromatic nitrogens is 1. The van der Waals surface area contributed by atoms with Gasteiger partial charge in [-0.15, -0.1) is 0 Å². The minimum absolute atomic E-state index is 0.0348. The maximum absolute atomic E-state index is 12.4. The monoisotopic (exact) mass is 375 g/mol. The number of carbonyl (C=O) groups excluding carboxylic acids is 1. The molecule has 0 saturated carbocycles. The Morgan fingerprint density at radius 2 is 2.17 bits per heavy atom. The van der Waals surface area contributed by atoms with Crippen LogP contribution in [-0.2, 0) is 19.5 Å². The van der Waals surface area contributed by atoms with Crippen LogP contribution in [0, 0.1) is 0 Å². The number of fused-ring (bicyclic) bond motifs is 1. The average Bonchev–Trinajstić information content (AvgIpc) is 2.94. The van der Waals surface area contributed by atoms with Crippen LogP contribution in [0.25, 0.3) is 0 Å². The maximum atomic E-state index is 12.4. The van der Waals surface area contributed by atoms with Crippen molar-refractivity contribution in [3.05, 3.63) is 51.8 Å². The lowest BCUT2D eigenvalue weighted by Crippen LogP contribution is -2.26. The second-order valence-corrected chi connectivity index (χ2v) is 6.92. The first-order chi connectivity index (χ1) is 11.1. The van der Waals surface area contributed by atoms with Crippen LogP contribution >= 0.6 is 15.9 Å². The standard InChI is InChI=1S/C18H22BrN3O/c1-3-22-12-15(19)10-17(22)18(23)20-11-13-6-7-16-14(9-13)5-4-8-21(16)2/h6-7,9-10,12H,3-5,8,11H2,1-2H3,(H,20,23). The number of nitrogens with zero attached hydrogens (tertiary/aromatic N) is 2. The SMILES string of the molecule is CCn1cc(Br)cc1C(=O)NCc1ccc2c(c1)CCCN2C. The van der Waals surface area contributed by atoms with E-state index in [0.717, 1.165) is 29.5 Å². The number of aryl methyl sites for hydroxylation is 2. The van der Waals surface area contributed by atoms with Crippen LogP contribution in [0.2, 0.25) is 0 Å². The Morgan fingerprint density at radius 3 is 2.96 bits per heavy atom. The van der Waals surface area contributed by atoms with E-state index in [4.69, 9.17) is 0 Å². The van der Waals surface area contributed by atoms with Crippen LogP contribution in [0.5, 0.6) is 0 Å². The fraction of sp³-hybridized carbons (Fsp3) is 0.389. The molecule has 0 saturated heterocycles. The van der Waals surface area contributed by atoms with Crippen LogP contribution in [-0.4, -0.2) is 24.1 Å². The molecule has 1 aromatic heterocycles. The van der Waals surface area contributed by atoms with Crippen molar-refractivity contribution in [2.45, 2.75) is 32.9 Å². The summed E-state index contributed by atoms with van der Waals surface area (Å²) >= 11 is 3.43. The molecular formula is C18H22BrN3O. The lowest BCUT2D eigenvalue weighted by Gasteiger charge is -2.27. The van der Waals surface area contributed by atoms with E-state index in [0.29, 0.717) is 12.2 Å². The highest BCUT2D eigenvalue weighted by molar-refractivity contribution is 9.10. The quantitative estimate of drug-likeness (QED) is 0.886. The van der Waals surface area contributed by atoms with Crippen molar-refractivity contribution in [1.29, 1.82) is 0 Å². The highest BCUT2D eigenvalue weighted by Crippen LogP contribution is 2.26. The number of anilines is 1. The lowest BCUT2D eigenvalue weighted by molar-refractivity contribution is 0.0941. The summed E-state index contributed by atoms with van der Waals surface area (Å²) < 4.78 is 2.88. The molecule has 0 atom stereocenters. The van der Waals surface area contributed by atoms with Crippen molar-refractivity contribution < 1.29 is 4.79 Å². The number of halogens is 1. The fourth-order valence-corrected chi connectivity index (χ4v) is 3.61. The molecule has 0 unspecified atom stereocenters. The van der Waals surface area contributed by atoms with Gasteiger partial charge in [-0.2, -0.15) is 0 Å². The molecule has 4 nitrogen and oxygen atoms in total. The first kappa shape index (κ1) is 16.1. The average molecular weight is 376 g/mol. The van der Waals surface area contributed by atoms with E-state index < -0.39 is 0 Å². The van der Waals surface area contributed by atoms with Crippen molar-refractivity contribution in [2.24, 2.45) is 0 Å². The molecule has 3 rings (SSSR count). The number of carbonyl (C=O) groups is 1. The van der Waals surface area contributed by atoms with Crippen molar-refractivity contribution in [3.63, 3.8) is 0 Å². The van der Waals surface area contributed by atoms with Crippen LogP contribution in [0.4, 0.5) is 5.69 Å². The van der Waals surface area contributed by atoms with E-state index >= 15 is 0 Å². The van der Waals surface area contributed by atoms with Gasteiger partial charge in [0.1, 0.15) is 5.69 Å². The Labute approximate surface area is 145 Å². The molecule has 122 valence electrons. The molecule has 1 aliphatic rings. The van der Waals surface area contributed by atoms with Crippen molar-refractivity contribution >= 4 is 27.5 Å². The van der Waals surface area contributed by atoms with Gasteiger partial charge >= 0.3 is 0 Å². The summed E-state index contributed by atoms with van der Waals surface area (Å²) in [4.78, 5) is 14.7. The molecule has 1 amide bonds. The number of nitrogens with one attached hydrogen (secondary N) is 1. The van der Waals surface area contributed by atoms with Gasteiger partial charge in [0, 0.05) is 43.0 Å². The van der Waals surface area contributed by atoms with Gasteiger partial charge in [-0.05, 0) is 59.0 Å². The molecular weight excluding hydrogens is 354 g/mol. The highest BCUT2D eigenvalue weighted by atomic mass is 79.9. The Kier molecular flexibility index (Phi) is 4.76. The molecule has 23 heavy (non-hydrogen) atoms. The zero-order valence-electron chi connectivity index (χ0n) is 13.6. The minimum Gasteiger partial charge on any atom is -0.374 e. The third-order valence-electron chi connectivity index (χ3n) is 4.38. The highest BCUT2D eigenvalue weighted by Gasteiger charge is 2.15. The molecule has 0 aliphatic carbocycles. The van der Waals surface area contributed by atoms with Crippen molar-refractivity contribution in [1.82, 2.24) is 9.88 Å². The minimum atomic E-state index is -0.0348. The van der Waals surface area contributed by atoms with E-state index in [1.165, 1.54) is 17.7 Å². The molecule has 2 heterocycles. The van der Waals surface area contributed by atoms with Gasteiger partial charge in [0.2, 0.25) is 0 Å². The number of hydrogen-bond donors (Lipinski definition) is 1. The van der Waals surface area contributed by atoms with Gasteiger partial charge in [0.15, 0.2) is 0 Å². The fourth-order valence-electron chi connectivity index (χ4n) is 3.15. The van der Waals surface area contributed by atoms with Gasteiger partial charge in [-0.25, -0.2) is 0 Å². The van der Waals surface area contributed by atoms with E-state index in [-0.39, 0.29) is 5.91 Å². The van der Waals surface area contributed by atoms with Crippen LogP contribution < -0.4 is 10.2 Å². The molecule has 0 spiro atoms. The Morgan fingerprint density at radius 1 is 1.35 bits per heavy atom. The predicted octanol–water partition coefficient (Wildman–Crippen LogP) is 3.58. The van der Waals surface area contributed by atoms with Crippen LogP contribution in [0.15, 0.2) is 34.9 Å². The molecule has 0 fully saturated rings. The second-order valence-electron chi connectivity index (χ2n) is 6.00. The molecule has 2 aromatic rings. The molecule has 0 radical (unpaired) electrons. The lowest BCUT2D eigenvalue weighted by atomic mass is 9.99. The molecule has 1 aliphatic heterocycles. The van der Waals surface area contributed by atoms with Gasteiger partial charge in [0.05, 0.1) is 0 Å². The Hall–Kier alpha value is -1.75. The van der Waals surface area contributed by atoms with Crippen LogP contribution in [0.1, 0.15) is 35.0 Å².